The van der Waals surface area contributed by atoms with Gasteiger partial charge in [0.2, 0.25) is 0 Å². The van der Waals surface area contributed by atoms with E-state index in [-0.39, 0.29) is 17.6 Å². The van der Waals surface area contributed by atoms with Crippen molar-refractivity contribution < 1.29 is 9.90 Å². The zero-order valence-corrected chi connectivity index (χ0v) is 8.45. The van der Waals surface area contributed by atoms with Crippen LogP contribution in [0.15, 0.2) is 24.3 Å². The van der Waals surface area contributed by atoms with Crippen molar-refractivity contribution in [3.8, 4) is 5.75 Å². The van der Waals surface area contributed by atoms with E-state index in [0.717, 1.165) is 5.56 Å². The van der Waals surface area contributed by atoms with E-state index < -0.39 is 0 Å². The Morgan fingerprint density at radius 2 is 2.29 bits per heavy atom. The lowest BCUT2D eigenvalue weighted by atomic mass is 10.0. The van der Waals surface area contributed by atoms with Crippen LogP contribution in [0.2, 0.25) is 0 Å². The number of nitrogens with one attached hydrogen (secondary N) is 1. The molecule has 0 aliphatic heterocycles. The monoisotopic (exact) mass is 193 g/mol. The maximum absolute atomic E-state index is 11.1. The van der Waals surface area contributed by atoms with Gasteiger partial charge in [-0.25, -0.2) is 0 Å². The van der Waals surface area contributed by atoms with Gasteiger partial charge in [-0.2, -0.15) is 0 Å². The Balaban J connectivity index is 2.72. The van der Waals surface area contributed by atoms with Crippen LogP contribution in [0.5, 0.6) is 5.75 Å². The Bertz CT molecular complexity index is 323. The van der Waals surface area contributed by atoms with Crippen LogP contribution in [0.4, 0.5) is 0 Å². The van der Waals surface area contributed by atoms with Gasteiger partial charge in [0.15, 0.2) is 0 Å². The van der Waals surface area contributed by atoms with Gasteiger partial charge in [-0.3, -0.25) is 4.79 Å². The highest BCUT2D eigenvalue weighted by atomic mass is 16.3. The third kappa shape index (κ3) is 2.85. The van der Waals surface area contributed by atoms with Gasteiger partial charge >= 0.3 is 0 Å². The number of hydrogen-bond acceptors (Lipinski definition) is 3. The molecular formula is C11H15NO2. The van der Waals surface area contributed by atoms with Gasteiger partial charge in [-0.1, -0.05) is 12.1 Å². The number of phenolic OH excluding ortho intramolecular Hbond substituents is 1. The van der Waals surface area contributed by atoms with Crippen LogP contribution in [0.25, 0.3) is 0 Å². The molecule has 0 aliphatic carbocycles. The van der Waals surface area contributed by atoms with E-state index in [1.807, 2.05) is 6.07 Å². The summed E-state index contributed by atoms with van der Waals surface area (Å²) in [5, 5.41) is 12.2. The van der Waals surface area contributed by atoms with E-state index in [9.17, 15) is 9.90 Å². The van der Waals surface area contributed by atoms with Gasteiger partial charge in [0, 0.05) is 0 Å². The fourth-order valence-electron chi connectivity index (χ4n) is 1.37. The van der Waals surface area contributed by atoms with Crippen molar-refractivity contribution >= 4 is 5.78 Å². The Labute approximate surface area is 83.8 Å². The van der Waals surface area contributed by atoms with E-state index in [2.05, 4.69) is 5.32 Å². The third-order valence-electron chi connectivity index (χ3n) is 2.19. The molecule has 0 radical (unpaired) electrons. The fraction of sp³-hybridized carbons (Fsp3) is 0.364. The summed E-state index contributed by atoms with van der Waals surface area (Å²) in [6.07, 6.45) is 0.611. The molecule has 0 amide bonds. The van der Waals surface area contributed by atoms with Crippen molar-refractivity contribution in [1.82, 2.24) is 5.32 Å². The van der Waals surface area contributed by atoms with Crippen LogP contribution in [0.3, 0.4) is 0 Å². The summed E-state index contributed by atoms with van der Waals surface area (Å²) in [5.74, 6) is 0.344. The Kier molecular flexibility index (Phi) is 3.65. The minimum Gasteiger partial charge on any atom is -0.508 e. The molecule has 14 heavy (non-hydrogen) atoms. The molecule has 1 atom stereocenters. The second-order valence-corrected chi connectivity index (χ2v) is 3.33. The summed E-state index contributed by atoms with van der Waals surface area (Å²) in [5.41, 5.74) is 0.958. The Morgan fingerprint density at radius 3 is 2.79 bits per heavy atom. The molecule has 2 N–H and O–H groups in total. The van der Waals surface area contributed by atoms with Gasteiger partial charge < -0.3 is 10.4 Å². The van der Waals surface area contributed by atoms with Gasteiger partial charge in [0.25, 0.3) is 0 Å². The summed E-state index contributed by atoms with van der Waals surface area (Å²) < 4.78 is 0. The first kappa shape index (κ1) is 10.7. The largest absolute Gasteiger partial charge is 0.508 e. The molecule has 0 bridgehead atoms. The smallest absolute Gasteiger partial charge is 0.147 e. The topological polar surface area (TPSA) is 49.3 Å². The minimum atomic E-state index is -0.170. The molecule has 1 aromatic carbocycles. The van der Waals surface area contributed by atoms with Crippen molar-refractivity contribution in [1.29, 1.82) is 0 Å². The summed E-state index contributed by atoms with van der Waals surface area (Å²) in [4.78, 5) is 11.1. The predicted octanol–water partition coefficient (Wildman–Crippen LogP) is 1.11. The normalized spacial score (nSPS) is 12.4. The van der Waals surface area contributed by atoms with Crippen LogP contribution in [-0.4, -0.2) is 24.0 Å². The first-order valence-electron chi connectivity index (χ1n) is 4.59. The highest BCUT2D eigenvalue weighted by Crippen LogP contribution is 2.12. The maximum atomic E-state index is 11.1. The standard InChI is InChI=1S/C11H15NO2/c1-8(13)11(12-2)7-9-4-3-5-10(14)6-9/h3-6,11-12,14H,7H2,1-2H3/t11-/m0/s1. The molecule has 0 saturated carbocycles. The molecule has 3 nitrogen and oxygen atoms in total. The lowest BCUT2D eigenvalue weighted by Crippen LogP contribution is -2.34. The average Bonchev–Trinajstić information content (AvgIpc) is 2.14. The van der Waals surface area contributed by atoms with Crippen LogP contribution in [0.1, 0.15) is 12.5 Å². The lowest BCUT2D eigenvalue weighted by molar-refractivity contribution is -0.118. The van der Waals surface area contributed by atoms with Crippen molar-refractivity contribution in [2.75, 3.05) is 7.05 Å². The molecule has 0 aromatic heterocycles. The number of phenols is 1. The number of rotatable bonds is 4. The van der Waals surface area contributed by atoms with E-state index >= 15 is 0 Å². The van der Waals surface area contributed by atoms with Crippen LogP contribution in [0, 0.1) is 0 Å². The predicted molar refractivity (Wildman–Crippen MR) is 55.3 cm³/mol. The average molecular weight is 193 g/mol. The highest BCUT2D eigenvalue weighted by Gasteiger charge is 2.11. The van der Waals surface area contributed by atoms with E-state index in [4.69, 9.17) is 0 Å². The van der Waals surface area contributed by atoms with Crippen molar-refractivity contribution in [2.45, 2.75) is 19.4 Å². The fourth-order valence-corrected chi connectivity index (χ4v) is 1.37. The van der Waals surface area contributed by atoms with E-state index in [0.29, 0.717) is 6.42 Å². The van der Waals surface area contributed by atoms with Gasteiger partial charge in [-0.15, -0.1) is 0 Å². The number of Topliss-reactive ketones (excluding diaryl/α,β-unsaturated/α-hetero) is 1. The van der Waals surface area contributed by atoms with Gasteiger partial charge in [0.05, 0.1) is 6.04 Å². The van der Waals surface area contributed by atoms with Crippen LogP contribution >= 0.6 is 0 Å². The molecule has 0 heterocycles. The highest BCUT2D eigenvalue weighted by molar-refractivity contribution is 5.81. The van der Waals surface area contributed by atoms with Crippen LogP contribution in [-0.2, 0) is 11.2 Å². The molecule has 0 spiro atoms. The number of ketones is 1. The number of carbonyl (C=O) groups excluding carboxylic acids is 1. The van der Waals surface area contributed by atoms with Gasteiger partial charge in [0.1, 0.15) is 11.5 Å². The molecule has 3 heteroatoms. The second-order valence-electron chi connectivity index (χ2n) is 3.33. The first-order chi connectivity index (χ1) is 6.63. The molecule has 0 fully saturated rings. The molecule has 1 aromatic rings. The van der Waals surface area contributed by atoms with Crippen molar-refractivity contribution in [3.05, 3.63) is 29.8 Å². The number of hydrogen-bond donors (Lipinski definition) is 2. The lowest BCUT2D eigenvalue weighted by Gasteiger charge is -2.12. The summed E-state index contributed by atoms with van der Waals surface area (Å²) >= 11 is 0. The first-order valence-corrected chi connectivity index (χ1v) is 4.59. The van der Waals surface area contributed by atoms with Gasteiger partial charge in [-0.05, 0) is 38.1 Å². The molecular weight excluding hydrogens is 178 g/mol. The molecule has 76 valence electrons. The zero-order valence-electron chi connectivity index (χ0n) is 8.45. The Morgan fingerprint density at radius 1 is 1.57 bits per heavy atom. The number of likely N-dealkylation sites (N-methyl/N-ethyl adjacent to an activating group) is 1. The summed E-state index contributed by atoms with van der Waals surface area (Å²) in [6, 6.07) is 6.79. The van der Waals surface area contributed by atoms with Crippen LogP contribution < -0.4 is 5.32 Å². The summed E-state index contributed by atoms with van der Waals surface area (Å²) in [6.45, 7) is 1.56. The Hall–Kier alpha value is -1.35. The van der Waals surface area contributed by atoms with E-state index in [1.54, 1.807) is 32.2 Å². The number of carbonyl (C=O) groups is 1. The number of aromatic hydroxyl groups is 1. The molecule has 1 rings (SSSR count). The van der Waals surface area contributed by atoms with Crippen molar-refractivity contribution in [2.24, 2.45) is 0 Å². The van der Waals surface area contributed by atoms with Crippen molar-refractivity contribution in [3.63, 3.8) is 0 Å². The van der Waals surface area contributed by atoms with E-state index in [1.165, 1.54) is 0 Å². The summed E-state index contributed by atoms with van der Waals surface area (Å²) in [7, 11) is 1.76. The zero-order chi connectivity index (χ0) is 10.6. The number of benzene rings is 1. The third-order valence-corrected chi connectivity index (χ3v) is 2.19. The molecule has 0 saturated heterocycles. The minimum absolute atomic E-state index is 0.107. The molecule has 0 unspecified atom stereocenters. The molecule has 0 aliphatic rings. The SMILES string of the molecule is CN[C@@H](Cc1cccc(O)c1)C(C)=O. The maximum Gasteiger partial charge on any atom is 0.147 e. The quantitative estimate of drug-likeness (QED) is 0.753. The second kappa shape index (κ2) is 4.77.